The minimum Gasteiger partial charge on any atom is -0.398 e. The number of nitrogen functional groups attached to an aromatic ring is 1. The summed E-state index contributed by atoms with van der Waals surface area (Å²) >= 11 is 0. The predicted molar refractivity (Wildman–Crippen MR) is 85.3 cm³/mol. The molecule has 0 saturated carbocycles. The van der Waals surface area contributed by atoms with Gasteiger partial charge in [-0.05, 0) is 42.1 Å². The number of nitrogens with one attached hydrogen (secondary N) is 1. The van der Waals surface area contributed by atoms with Gasteiger partial charge in [0.05, 0.1) is 11.3 Å². The molecule has 0 fully saturated rings. The number of nitrogens with zero attached hydrogens (tertiary/aromatic N) is 1. The topological polar surface area (TPSA) is 68.0 Å². The van der Waals surface area contributed by atoms with E-state index in [4.69, 9.17) is 5.73 Å². The lowest BCUT2D eigenvalue weighted by Gasteiger charge is -2.10. The molecule has 4 heteroatoms. The van der Waals surface area contributed by atoms with Gasteiger partial charge in [0.2, 0.25) is 0 Å². The third-order valence-electron chi connectivity index (χ3n) is 3.38. The highest BCUT2D eigenvalue weighted by Gasteiger charge is 2.11. The average molecular weight is 277 g/mol. The van der Waals surface area contributed by atoms with Crippen LogP contribution in [-0.2, 0) is 0 Å². The Hall–Kier alpha value is -2.88. The summed E-state index contributed by atoms with van der Waals surface area (Å²) < 4.78 is 0. The van der Waals surface area contributed by atoms with Crippen molar-refractivity contribution in [1.82, 2.24) is 4.98 Å². The molecule has 3 aromatic rings. The Morgan fingerprint density at radius 3 is 2.86 bits per heavy atom. The fourth-order valence-corrected chi connectivity index (χ4v) is 2.30. The van der Waals surface area contributed by atoms with Gasteiger partial charge in [-0.2, -0.15) is 0 Å². The largest absolute Gasteiger partial charge is 0.398 e. The molecule has 104 valence electrons. The van der Waals surface area contributed by atoms with Crippen molar-refractivity contribution in [2.24, 2.45) is 0 Å². The van der Waals surface area contributed by atoms with E-state index in [0.717, 1.165) is 22.0 Å². The van der Waals surface area contributed by atoms with Crippen LogP contribution in [0.1, 0.15) is 15.9 Å². The Morgan fingerprint density at radius 1 is 1.19 bits per heavy atom. The smallest absolute Gasteiger partial charge is 0.257 e. The average Bonchev–Trinajstić information content (AvgIpc) is 2.47. The zero-order valence-electron chi connectivity index (χ0n) is 11.6. The van der Waals surface area contributed by atoms with Gasteiger partial charge >= 0.3 is 0 Å². The lowest BCUT2D eigenvalue weighted by atomic mass is 10.1. The molecule has 4 nitrogen and oxygen atoms in total. The van der Waals surface area contributed by atoms with Gasteiger partial charge in [0.1, 0.15) is 0 Å². The van der Waals surface area contributed by atoms with Crippen molar-refractivity contribution < 1.29 is 4.79 Å². The lowest BCUT2D eigenvalue weighted by Crippen LogP contribution is -2.14. The summed E-state index contributed by atoms with van der Waals surface area (Å²) in [5, 5.41) is 4.83. The number of carbonyl (C=O) groups is 1. The van der Waals surface area contributed by atoms with E-state index in [9.17, 15) is 4.79 Å². The molecule has 0 atom stereocenters. The quantitative estimate of drug-likeness (QED) is 0.706. The molecule has 0 spiro atoms. The van der Waals surface area contributed by atoms with Crippen LogP contribution < -0.4 is 11.1 Å². The number of nitrogens with two attached hydrogens (primary N) is 1. The number of benzene rings is 2. The molecule has 3 N–H and O–H groups in total. The Labute approximate surface area is 122 Å². The van der Waals surface area contributed by atoms with Gasteiger partial charge < -0.3 is 11.1 Å². The van der Waals surface area contributed by atoms with Gasteiger partial charge in [0.15, 0.2) is 0 Å². The second-order valence-electron chi connectivity index (χ2n) is 4.95. The Bertz CT molecular complexity index is 822. The number of pyridine rings is 1. The van der Waals surface area contributed by atoms with Gasteiger partial charge in [0, 0.05) is 23.5 Å². The van der Waals surface area contributed by atoms with Crippen LogP contribution in [0.15, 0.2) is 54.9 Å². The second kappa shape index (κ2) is 5.25. The molecule has 3 rings (SSSR count). The second-order valence-corrected chi connectivity index (χ2v) is 4.95. The molecular formula is C17H15N3O. The number of carbonyl (C=O) groups excluding carboxylic acids is 1. The van der Waals surface area contributed by atoms with Gasteiger partial charge in [-0.25, -0.2) is 0 Å². The summed E-state index contributed by atoms with van der Waals surface area (Å²) in [6.45, 7) is 1.94. The fourth-order valence-electron chi connectivity index (χ4n) is 2.30. The highest BCUT2D eigenvalue weighted by molar-refractivity contribution is 6.11. The maximum Gasteiger partial charge on any atom is 0.257 e. The highest BCUT2D eigenvalue weighted by atomic mass is 16.1. The van der Waals surface area contributed by atoms with Crippen LogP contribution in [-0.4, -0.2) is 10.9 Å². The molecule has 0 unspecified atom stereocenters. The van der Waals surface area contributed by atoms with Gasteiger partial charge in [-0.15, -0.1) is 0 Å². The molecule has 2 aromatic carbocycles. The molecule has 1 heterocycles. The Kier molecular flexibility index (Phi) is 3.28. The van der Waals surface area contributed by atoms with E-state index in [0.29, 0.717) is 11.3 Å². The summed E-state index contributed by atoms with van der Waals surface area (Å²) in [7, 11) is 0. The van der Waals surface area contributed by atoms with Crippen LogP contribution in [0.25, 0.3) is 10.8 Å². The third-order valence-corrected chi connectivity index (χ3v) is 3.38. The first-order valence-corrected chi connectivity index (χ1v) is 6.65. The van der Waals surface area contributed by atoms with E-state index in [1.54, 1.807) is 24.5 Å². The van der Waals surface area contributed by atoms with Crippen molar-refractivity contribution in [3.63, 3.8) is 0 Å². The van der Waals surface area contributed by atoms with Gasteiger partial charge in [-0.1, -0.05) is 18.2 Å². The number of hydrogen-bond donors (Lipinski definition) is 2. The van der Waals surface area contributed by atoms with Crippen LogP contribution in [0.4, 0.5) is 11.4 Å². The SMILES string of the molecule is Cc1ccc(C(=O)Nc2cccc3ccncc23)c(N)c1. The van der Waals surface area contributed by atoms with Crippen molar-refractivity contribution in [2.45, 2.75) is 6.92 Å². The number of anilines is 2. The molecule has 0 bridgehead atoms. The zero-order chi connectivity index (χ0) is 14.8. The standard InChI is InChI=1S/C17H15N3O/c1-11-5-6-13(15(18)9-11)17(21)20-16-4-2-3-12-7-8-19-10-14(12)16/h2-10H,18H2,1H3,(H,20,21). The van der Waals surface area contributed by atoms with Gasteiger partial charge in [0.25, 0.3) is 5.91 Å². The van der Waals surface area contributed by atoms with Crippen molar-refractivity contribution in [3.8, 4) is 0 Å². The summed E-state index contributed by atoms with van der Waals surface area (Å²) in [6.07, 6.45) is 3.47. The first-order chi connectivity index (χ1) is 10.1. The first-order valence-electron chi connectivity index (χ1n) is 6.65. The maximum absolute atomic E-state index is 12.4. The zero-order valence-corrected chi connectivity index (χ0v) is 11.6. The van der Waals surface area contributed by atoms with Crippen LogP contribution in [0.3, 0.4) is 0 Å². The predicted octanol–water partition coefficient (Wildman–Crippen LogP) is 3.38. The highest BCUT2D eigenvalue weighted by Crippen LogP contribution is 2.23. The van der Waals surface area contributed by atoms with Crippen LogP contribution in [0, 0.1) is 6.92 Å². The maximum atomic E-state index is 12.4. The first kappa shape index (κ1) is 13.1. The Morgan fingerprint density at radius 2 is 2.05 bits per heavy atom. The normalized spacial score (nSPS) is 10.5. The van der Waals surface area contributed by atoms with Gasteiger partial charge in [-0.3, -0.25) is 9.78 Å². The molecule has 0 saturated heterocycles. The van der Waals surface area contributed by atoms with E-state index in [-0.39, 0.29) is 5.91 Å². The number of amides is 1. The summed E-state index contributed by atoms with van der Waals surface area (Å²) in [5.74, 6) is -0.219. The van der Waals surface area contributed by atoms with Crippen LogP contribution in [0.2, 0.25) is 0 Å². The van der Waals surface area contributed by atoms with Crippen molar-refractivity contribution >= 4 is 28.1 Å². The van der Waals surface area contributed by atoms with E-state index < -0.39 is 0 Å². The van der Waals surface area contributed by atoms with Crippen molar-refractivity contribution in [1.29, 1.82) is 0 Å². The van der Waals surface area contributed by atoms with Crippen molar-refractivity contribution in [2.75, 3.05) is 11.1 Å². The molecule has 1 amide bonds. The van der Waals surface area contributed by atoms with Crippen LogP contribution in [0.5, 0.6) is 0 Å². The summed E-state index contributed by atoms with van der Waals surface area (Å²) in [4.78, 5) is 16.5. The number of aryl methyl sites for hydroxylation is 1. The molecule has 0 aliphatic carbocycles. The Balaban J connectivity index is 1.97. The molecular weight excluding hydrogens is 262 g/mol. The third kappa shape index (κ3) is 2.56. The minimum absolute atomic E-state index is 0.219. The molecule has 0 aliphatic heterocycles. The summed E-state index contributed by atoms with van der Waals surface area (Å²) in [6, 6.07) is 13.0. The number of fused-ring (bicyclic) bond motifs is 1. The van der Waals surface area contributed by atoms with E-state index >= 15 is 0 Å². The molecule has 0 aliphatic rings. The van der Waals surface area contributed by atoms with E-state index in [2.05, 4.69) is 10.3 Å². The number of aromatic nitrogens is 1. The van der Waals surface area contributed by atoms with Crippen LogP contribution >= 0.6 is 0 Å². The molecule has 0 radical (unpaired) electrons. The summed E-state index contributed by atoms with van der Waals surface area (Å²) in [5.41, 5.74) is 8.62. The monoisotopic (exact) mass is 277 g/mol. The van der Waals surface area contributed by atoms with E-state index in [1.165, 1.54) is 0 Å². The fraction of sp³-hybridized carbons (Fsp3) is 0.0588. The lowest BCUT2D eigenvalue weighted by molar-refractivity contribution is 0.102. The number of rotatable bonds is 2. The minimum atomic E-state index is -0.219. The van der Waals surface area contributed by atoms with Crippen molar-refractivity contribution in [3.05, 3.63) is 66.0 Å². The molecule has 1 aromatic heterocycles. The van der Waals surface area contributed by atoms with E-state index in [1.807, 2.05) is 37.3 Å². The number of hydrogen-bond acceptors (Lipinski definition) is 3. The molecule has 21 heavy (non-hydrogen) atoms.